The van der Waals surface area contributed by atoms with E-state index in [-0.39, 0.29) is 20.4 Å². The monoisotopic (exact) mass is 548 g/mol. The number of para-hydroxylation sites is 3. The van der Waals surface area contributed by atoms with Crippen LogP contribution in [0.5, 0.6) is 17.2 Å². The third-order valence-corrected chi connectivity index (χ3v) is 9.86. The second-order valence-corrected chi connectivity index (χ2v) is 14.6. The Hall–Kier alpha value is -2.41. The molecule has 0 aliphatic heterocycles. The summed E-state index contributed by atoms with van der Waals surface area (Å²) in [6, 6.07) is 28.2. The topological polar surface area (TPSA) is 55.4 Å². The van der Waals surface area contributed by atoms with Crippen LogP contribution in [0.2, 0.25) is 0 Å². The van der Waals surface area contributed by atoms with E-state index in [2.05, 4.69) is 15.5 Å². The van der Waals surface area contributed by atoms with E-state index in [4.69, 9.17) is 27.8 Å². The molecule has 3 aromatic rings. The SMILES string of the molecule is CC(C)=CCP(Br)(OCOc1ccccc1)(OCOc1ccccc1)OCOc1ccccc1. The van der Waals surface area contributed by atoms with Gasteiger partial charge in [0, 0.05) is 0 Å². The maximum atomic E-state index is 6.22. The Morgan fingerprint density at radius 3 is 1.24 bits per heavy atom. The summed E-state index contributed by atoms with van der Waals surface area (Å²) in [4.78, 5) is 0. The van der Waals surface area contributed by atoms with Crippen molar-refractivity contribution in [1.29, 1.82) is 0 Å². The Morgan fingerprint density at radius 1 is 0.618 bits per heavy atom. The summed E-state index contributed by atoms with van der Waals surface area (Å²) in [5.41, 5.74) is 1.08. The number of rotatable bonds is 14. The van der Waals surface area contributed by atoms with Gasteiger partial charge in [-0.25, -0.2) is 0 Å². The number of hydrogen-bond acceptors (Lipinski definition) is 6. The zero-order valence-electron chi connectivity index (χ0n) is 19.3. The number of ether oxygens (including phenoxy) is 3. The molecule has 0 bridgehead atoms. The summed E-state index contributed by atoms with van der Waals surface area (Å²) in [6.45, 7) is 3.70. The van der Waals surface area contributed by atoms with Gasteiger partial charge in [0.05, 0.1) is 0 Å². The molecule has 0 unspecified atom stereocenters. The van der Waals surface area contributed by atoms with Crippen LogP contribution < -0.4 is 14.2 Å². The van der Waals surface area contributed by atoms with Crippen LogP contribution in [0.15, 0.2) is 103 Å². The van der Waals surface area contributed by atoms with Crippen LogP contribution in [0.1, 0.15) is 13.8 Å². The van der Waals surface area contributed by atoms with E-state index in [1.54, 1.807) is 0 Å². The van der Waals surface area contributed by atoms with Crippen molar-refractivity contribution >= 4 is 21.5 Å². The maximum absolute atomic E-state index is 6.22. The third-order valence-electron chi connectivity index (χ3n) is 4.59. The van der Waals surface area contributed by atoms with Crippen LogP contribution in [-0.2, 0) is 13.6 Å². The molecule has 0 amide bonds. The summed E-state index contributed by atoms with van der Waals surface area (Å²) in [6.07, 6.45) is 2.31. The molecule has 0 N–H and O–H groups in total. The van der Waals surface area contributed by atoms with Crippen LogP contribution in [0.4, 0.5) is 0 Å². The van der Waals surface area contributed by atoms with E-state index < -0.39 is 5.99 Å². The Bertz CT molecular complexity index is 900. The fourth-order valence-corrected chi connectivity index (χ4v) is 5.88. The molecular formula is C26H30BrO6P. The Kier molecular flexibility index (Phi) is 9.93. The molecule has 182 valence electrons. The van der Waals surface area contributed by atoms with Crippen molar-refractivity contribution in [3.63, 3.8) is 0 Å². The number of halogens is 1. The fraction of sp³-hybridized carbons (Fsp3) is 0.231. The molecular weight excluding hydrogens is 519 g/mol. The van der Waals surface area contributed by atoms with Crippen LogP contribution in [0.25, 0.3) is 0 Å². The number of benzene rings is 3. The second-order valence-electron chi connectivity index (χ2n) is 7.51. The van der Waals surface area contributed by atoms with Crippen molar-refractivity contribution < 1.29 is 27.8 Å². The molecule has 34 heavy (non-hydrogen) atoms. The molecule has 3 aromatic carbocycles. The van der Waals surface area contributed by atoms with Crippen molar-refractivity contribution in [3.05, 3.63) is 103 Å². The van der Waals surface area contributed by atoms with E-state index in [0.717, 1.165) is 5.57 Å². The van der Waals surface area contributed by atoms with Gasteiger partial charge >= 0.3 is 210 Å². The van der Waals surface area contributed by atoms with Gasteiger partial charge in [-0.2, -0.15) is 0 Å². The summed E-state index contributed by atoms with van der Waals surface area (Å²) >= 11 is 3.72. The summed E-state index contributed by atoms with van der Waals surface area (Å²) in [7, 11) is 0. The minimum absolute atomic E-state index is 0.0969. The molecule has 3 rings (SSSR count). The van der Waals surface area contributed by atoms with Gasteiger partial charge < -0.3 is 0 Å². The summed E-state index contributed by atoms with van der Waals surface area (Å²) in [5, 5.41) is 0. The summed E-state index contributed by atoms with van der Waals surface area (Å²) < 4.78 is 36.0. The molecule has 8 heteroatoms. The predicted molar refractivity (Wildman–Crippen MR) is 139 cm³/mol. The van der Waals surface area contributed by atoms with Crippen molar-refractivity contribution in [2.75, 3.05) is 26.5 Å². The van der Waals surface area contributed by atoms with Crippen LogP contribution in [-0.4, -0.2) is 26.5 Å². The molecule has 0 heterocycles. The number of hydrogen-bond donors (Lipinski definition) is 0. The van der Waals surface area contributed by atoms with Gasteiger partial charge in [0.25, 0.3) is 0 Å². The van der Waals surface area contributed by atoms with Gasteiger partial charge in [-0.3, -0.25) is 0 Å². The first kappa shape index (κ1) is 26.2. The van der Waals surface area contributed by atoms with Crippen LogP contribution >= 0.6 is 21.5 Å². The molecule has 0 aliphatic carbocycles. The van der Waals surface area contributed by atoms with E-state index in [1.165, 1.54) is 0 Å². The van der Waals surface area contributed by atoms with Gasteiger partial charge in [0.1, 0.15) is 0 Å². The Labute approximate surface area is 209 Å². The van der Waals surface area contributed by atoms with Crippen molar-refractivity contribution in [1.82, 2.24) is 0 Å². The molecule has 0 saturated heterocycles. The standard InChI is InChI=1S/C26H30BrO6P/c1-23(2)18-19-34(27,31-20-28-24-12-6-3-7-13-24,32-21-29-25-14-8-4-9-15-25)33-22-30-26-16-10-5-11-17-26/h3-18H,19-22H2,1-2H3. The second kappa shape index (κ2) is 12.9. The van der Waals surface area contributed by atoms with Gasteiger partial charge in [-0.1, -0.05) is 0 Å². The van der Waals surface area contributed by atoms with E-state index >= 15 is 0 Å². The van der Waals surface area contributed by atoms with Crippen molar-refractivity contribution in [3.8, 4) is 17.2 Å². The average Bonchev–Trinajstić information content (AvgIpc) is 2.85. The zero-order chi connectivity index (χ0) is 24.1. The molecule has 0 atom stereocenters. The Balaban J connectivity index is 1.75. The normalized spacial score (nSPS) is 12.3. The minimum atomic E-state index is -3.96. The first-order valence-electron chi connectivity index (χ1n) is 10.8. The Morgan fingerprint density at radius 2 is 0.941 bits per heavy atom. The summed E-state index contributed by atoms with van der Waals surface area (Å²) in [5.74, 6) is -1.95. The predicted octanol–water partition coefficient (Wildman–Crippen LogP) is 7.72. The van der Waals surface area contributed by atoms with Crippen molar-refractivity contribution in [2.45, 2.75) is 13.8 Å². The third kappa shape index (κ3) is 8.75. The molecule has 0 aromatic heterocycles. The van der Waals surface area contributed by atoms with E-state index in [9.17, 15) is 0 Å². The molecule has 0 aliphatic rings. The molecule has 0 spiro atoms. The van der Waals surface area contributed by atoms with E-state index in [0.29, 0.717) is 23.4 Å². The zero-order valence-corrected chi connectivity index (χ0v) is 21.8. The van der Waals surface area contributed by atoms with Crippen LogP contribution in [0.3, 0.4) is 0 Å². The van der Waals surface area contributed by atoms with Gasteiger partial charge in [-0.05, 0) is 0 Å². The number of allylic oxidation sites excluding steroid dienone is 2. The molecule has 6 nitrogen and oxygen atoms in total. The van der Waals surface area contributed by atoms with Gasteiger partial charge in [0.2, 0.25) is 0 Å². The molecule has 0 radical (unpaired) electrons. The molecule has 0 fully saturated rings. The first-order chi connectivity index (χ1) is 16.4. The van der Waals surface area contributed by atoms with Crippen molar-refractivity contribution in [2.24, 2.45) is 0 Å². The molecule has 0 saturated carbocycles. The quantitative estimate of drug-likeness (QED) is 0.117. The van der Waals surface area contributed by atoms with E-state index in [1.807, 2.05) is 111 Å². The first-order valence-corrected chi connectivity index (χ1v) is 15.0. The van der Waals surface area contributed by atoms with Gasteiger partial charge in [0.15, 0.2) is 0 Å². The van der Waals surface area contributed by atoms with Gasteiger partial charge in [-0.15, -0.1) is 0 Å². The average molecular weight is 549 g/mol. The van der Waals surface area contributed by atoms with Crippen LogP contribution in [0, 0.1) is 0 Å². The fourth-order valence-electron chi connectivity index (χ4n) is 2.73.